The molecule has 0 heterocycles. The van der Waals surface area contributed by atoms with Crippen LogP contribution in [0.4, 0.5) is 0 Å². The fourth-order valence-electron chi connectivity index (χ4n) is 2.39. The Kier molecular flexibility index (Phi) is 4.50. The molecule has 4 heteroatoms. The first-order valence-corrected chi connectivity index (χ1v) is 6.32. The Morgan fingerprint density at radius 2 is 2.10 bits per heavy atom. The van der Waals surface area contributed by atoms with Crippen molar-refractivity contribution < 1.29 is 19.8 Å². The van der Waals surface area contributed by atoms with Gasteiger partial charge < -0.3 is 10.2 Å². The van der Waals surface area contributed by atoms with Crippen molar-refractivity contribution in [3.63, 3.8) is 0 Å². The molecule has 0 aromatic carbocycles. The largest absolute Gasteiger partial charge is 0.478 e. The van der Waals surface area contributed by atoms with Gasteiger partial charge in [0.25, 0.3) is 0 Å². The van der Waals surface area contributed by atoms with Crippen molar-refractivity contribution >= 4 is 11.8 Å². The Morgan fingerprint density at radius 3 is 2.60 bits per heavy atom. The third kappa shape index (κ3) is 2.96. The summed E-state index contributed by atoms with van der Waals surface area (Å²) in [5.41, 5.74) is -1.14. The van der Waals surface area contributed by atoms with Gasteiger partial charge in [-0.3, -0.25) is 4.79 Å². The van der Waals surface area contributed by atoms with E-state index in [1.807, 2.05) is 0 Å². The van der Waals surface area contributed by atoms with Crippen LogP contribution in [0, 0.1) is 5.41 Å². The minimum Gasteiger partial charge on any atom is -0.478 e. The lowest BCUT2D eigenvalue weighted by molar-refractivity contribution is -0.131. The van der Waals surface area contributed by atoms with Crippen molar-refractivity contribution in [1.82, 2.24) is 0 Å². The van der Waals surface area contributed by atoms with Crippen molar-refractivity contribution in [3.8, 4) is 0 Å². The fourth-order valence-corrected chi connectivity index (χ4v) is 2.39. The molecular formula is C16H20O4. The Bertz CT molecular complexity index is 539. The minimum absolute atomic E-state index is 0.0548. The van der Waals surface area contributed by atoms with Crippen LogP contribution in [0.15, 0.2) is 48.1 Å². The quantitative estimate of drug-likeness (QED) is 0.470. The molecule has 0 aliphatic heterocycles. The van der Waals surface area contributed by atoms with E-state index in [0.29, 0.717) is 11.1 Å². The average molecular weight is 276 g/mol. The lowest BCUT2D eigenvalue weighted by Gasteiger charge is -2.44. The molecule has 0 unspecified atom stereocenters. The van der Waals surface area contributed by atoms with Gasteiger partial charge in [0.05, 0.1) is 0 Å². The standard InChI is InChI=1S/C16H20O4/c1-5-15(4)10-13(17)9-12(3)16(15,20)7-6-11(2)8-14(18)19/h5-9,20H,1,10H2,2-4H3,(H,18,19)/b7-6+,11-8-/t15-,16+/m0/s1. The Balaban J connectivity index is 3.26. The van der Waals surface area contributed by atoms with Crippen LogP contribution in [0.1, 0.15) is 27.2 Å². The highest BCUT2D eigenvalue weighted by atomic mass is 16.4. The average Bonchev–Trinajstić information content (AvgIpc) is 2.33. The molecule has 1 aliphatic rings. The van der Waals surface area contributed by atoms with Gasteiger partial charge in [0.2, 0.25) is 0 Å². The summed E-state index contributed by atoms with van der Waals surface area (Å²) in [5, 5.41) is 19.6. The first kappa shape index (κ1) is 16.1. The van der Waals surface area contributed by atoms with Crippen LogP contribution in [0.25, 0.3) is 0 Å². The molecule has 0 radical (unpaired) electrons. The number of carboxylic acids is 1. The zero-order chi connectivity index (χ0) is 15.6. The molecular weight excluding hydrogens is 256 g/mol. The molecule has 108 valence electrons. The maximum atomic E-state index is 11.7. The molecule has 4 nitrogen and oxygen atoms in total. The van der Waals surface area contributed by atoms with E-state index in [1.165, 1.54) is 12.2 Å². The number of hydrogen-bond donors (Lipinski definition) is 2. The van der Waals surface area contributed by atoms with Crippen LogP contribution in [-0.4, -0.2) is 27.6 Å². The first-order chi connectivity index (χ1) is 9.14. The van der Waals surface area contributed by atoms with Crippen LogP contribution < -0.4 is 0 Å². The number of carbonyl (C=O) groups is 2. The molecule has 1 rings (SSSR count). The Labute approximate surface area is 118 Å². The number of ketones is 1. The molecule has 0 saturated heterocycles. The maximum Gasteiger partial charge on any atom is 0.328 e. The second-order valence-corrected chi connectivity index (χ2v) is 5.42. The van der Waals surface area contributed by atoms with Crippen LogP contribution in [0.5, 0.6) is 0 Å². The van der Waals surface area contributed by atoms with Crippen LogP contribution in [0.3, 0.4) is 0 Å². The van der Waals surface area contributed by atoms with E-state index in [-0.39, 0.29) is 12.2 Å². The molecule has 0 saturated carbocycles. The number of aliphatic hydroxyl groups is 1. The van der Waals surface area contributed by atoms with Gasteiger partial charge in [0, 0.05) is 17.9 Å². The zero-order valence-electron chi connectivity index (χ0n) is 12.0. The molecule has 0 bridgehead atoms. The highest BCUT2D eigenvalue weighted by Gasteiger charge is 2.48. The summed E-state index contributed by atoms with van der Waals surface area (Å²) in [6.45, 7) is 8.78. The molecule has 1 aliphatic carbocycles. The highest BCUT2D eigenvalue weighted by molar-refractivity contribution is 5.93. The summed E-state index contributed by atoms with van der Waals surface area (Å²) in [6, 6.07) is 0. The predicted molar refractivity (Wildman–Crippen MR) is 77.2 cm³/mol. The van der Waals surface area contributed by atoms with Crippen molar-refractivity contribution in [2.75, 3.05) is 0 Å². The van der Waals surface area contributed by atoms with Gasteiger partial charge in [0.1, 0.15) is 5.60 Å². The normalized spacial score (nSPS) is 31.3. The van der Waals surface area contributed by atoms with E-state index in [9.17, 15) is 14.7 Å². The van der Waals surface area contributed by atoms with E-state index < -0.39 is 17.0 Å². The van der Waals surface area contributed by atoms with Gasteiger partial charge in [-0.05, 0) is 37.1 Å². The maximum absolute atomic E-state index is 11.7. The topological polar surface area (TPSA) is 74.6 Å². The second-order valence-electron chi connectivity index (χ2n) is 5.42. The number of allylic oxidation sites excluding steroid dienone is 3. The van der Waals surface area contributed by atoms with Gasteiger partial charge in [0.15, 0.2) is 5.78 Å². The molecule has 20 heavy (non-hydrogen) atoms. The van der Waals surface area contributed by atoms with Crippen molar-refractivity contribution in [3.05, 3.63) is 48.1 Å². The van der Waals surface area contributed by atoms with E-state index in [4.69, 9.17) is 5.11 Å². The van der Waals surface area contributed by atoms with Crippen LogP contribution >= 0.6 is 0 Å². The Hall–Kier alpha value is -1.94. The van der Waals surface area contributed by atoms with Gasteiger partial charge in [-0.25, -0.2) is 4.79 Å². The summed E-state index contributed by atoms with van der Waals surface area (Å²) < 4.78 is 0. The van der Waals surface area contributed by atoms with Gasteiger partial charge in [-0.2, -0.15) is 0 Å². The molecule has 0 aromatic rings. The lowest BCUT2D eigenvalue weighted by atomic mass is 9.63. The van der Waals surface area contributed by atoms with E-state index >= 15 is 0 Å². The molecule has 2 atom stereocenters. The van der Waals surface area contributed by atoms with E-state index in [0.717, 1.165) is 6.08 Å². The lowest BCUT2D eigenvalue weighted by Crippen LogP contribution is -2.48. The van der Waals surface area contributed by atoms with Crippen molar-refractivity contribution in [2.24, 2.45) is 5.41 Å². The number of carboxylic acid groups (broad SMARTS) is 1. The molecule has 0 aromatic heterocycles. The third-order valence-corrected chi connectivity index (χ3v) is 3.78. The van der Waals surface area contributed by atoms with Crippen LogP contribution in [-0.2, 0) is 9.59 Å². The van der Waals surface area contributed by atoms with Crippen molar-refractivity contribution in [2.45, 2.75) is 32.8 Å². The van der Waals surface area contributed by atoms with Gasteiger partial charge in [-0.1, -0.05) is 19.1 Å². The molecule has 0 spiro atoms. The second kappa shape index (κ2) is 5.59. The molecule has 0 fully saturated rings. The van der Waals surface area contributed by atoms with Gasteiger partial charge >= 0.3 is 5.97 Å². The zero-order valence-corrected chi connectivity index (χ0v) is 12.0. The first-order valence-electron chi connectivity index (χ1n) is 6.32. The summed E-state index contributed by atoms with van der Waals surface area (Å²) in [5.74, 6) is -1.10. The molecule has 0 amide bonds. The number of carbonyl (C=O) groups excluding carboxylic acids is 1. The summed E-state index contributed by atoms with van der Waals surface area (Å²) in [7, 11) is 0. The summed E-state index contributed by atoms with van der Waals surface area (Å²) in [6.07, 6.45) is 7.28. The van der Waals surface area contributed by atoms with E-state index in [1.54, 1.807) is 32.9 Å². The fraction of sp³-hybridized carbons (Fsp3) is 0.375. The third-order valence-electron chi connectivity index (χ3n) is 3.78. The van der Waals surface area contributed by atoms with Gasteiger partial charge in [-0.15, -0.1) is 6.58 Å². The number of aliphatic carboxylic acids is 1. The minimum atomic E-state index is -1.35. The monoisotopic (exact) mass is 276 g/mol. The van der Waals surface area contributed by atoms with Crippen molar-refractivity contribution in [1.29, 1.82) is 0 Å². The Morgan fingerprint density at radius 1 is 1.50 bits per heavy atom. The highest BCUT2D eigenvalue weighted by Crippen LogP contribution is 2.45. The van der Waals surface area contributed by atoms with Crippen LogP contribution in [0.2, 0.25) is 0 Å². The SMILES string of the molecule is C=C[C@@]1(C)CC(=O)C=C(C)[C@]1(O)/C=C/C(C)=C\C(=O)O. The van der Waals surface area contributed by atoms with E-state index in [2.05, 4.69) is 6.58 Å². The number of hydrogen-bond acceptors (Lipinski definition) is 3. The summed E-state index contributed by atoms with van der Waals surface area (Å²) in [4.78, 5) is 22.3. The number of rotatable bonds is 4. The smallest absolute Gasteiger partial charge is 0.328 e. The predicted octanol–water partition coefficient (Wildman–Crippen LogP) is 2.42. The summed E-state index contributed by atoms with van der Waals surface area (Å²) >= 11 is 0. The molecule has 2 N–H and O–H groups in total.